The van der Waals surface area contributed by atoms with Crippen molar-refractivity contribution in [1.82, 2.24) is 4.90 Å². The third-order valence-electron chi connectivity index (χ3n) is 3.45. The normalized spacial score (nSPS) is 47.9. The Bertz CT molecular complexity index is 148. The van der Waals surface area contributed by atoms with Crippen LogP contribution in [-0.4, -0.2) is 32.9 Å². The van der Waals surface area contributed by atoms with E-state index in [-0.39, 0.29) is 0 Å². The minimum Gasteiger partial charge on any atom is -0.306 e. The van der Waals surface area contributed by atoms with E-state index in [0.717, 1.165) is 5.92 Å². The van der Waals surface area contributed by atoms with Gasteiger partial charge in [0.1, 0.15) is 7.85 Å². The van der Waals surface area contributed by atoms with Gasteiger partial charge in [-0.2, -0.15) is 0 Å². The van der Waals surface area contributed by atoms with Gasteiger partial charge in [-0.25, -0.2) is 0 Å². The molecule has 0 aromatic carbocycles. The van der Waals surface area contributed by atoms with Crippen molar-refractivity contribution in [2.75, 3.05) is 20.1 Å². The zero-order valence-electron chi connectivity index (χ0n) is 7.06. The molecule has 2 rings (SSSR count). The molecule has 1 heterocycles. The summed E-state index contributed by atoms with van der Waals surface area (Å²) in [4.78, 5) is 2.49. The first kappa shape index (κ1) is 6.72. The fourth-order valence-electron chi connectivity index (χ4n) is 2.88. The lowest BCUT2D eigenvalue weighted by Crippen LogP contribution is -2.18. The molecule has 2 heteroatoms. The number of hydrogen-bond donors (Lipinski definition) is 0. The molecule has 1 saturated heterocycles. The van der Waals surface area contributed by atoms with Crippen LogP contribution in [0.4, 0.5) is 0 Å². The number of nitrogens with zero attached hydrogens (tertiary/aromatic N) is 1. The summed E-state index contributed by atoms with van der Waals surface area (Å²) in [6.07, 6.45) is 4.44. The number of likely N-dealkylation sites (tertiary alicyclic amines) is 1. The van der Waals surface area contributed by atoms with Gasteiger partial charge in [-0.15, -0.1) is 0 Å². The van der Waals surface area contributed by atoms with Crippen molar-refractivity contribution in [2.45, 2.75) is 24.6 Å². The molecular weight excluding hydrogens is 121 g/mol. The topological polar surface area (TPSA) is 3.24 Å². The summed E-state index contributed by atoms with van der Waals surface area (Å²) in [5, 5.41) is 0.703. The first-order chi connectivity index (χ1) is 4.71. The summed E-state index contributed by atoms with van der Waals surface area (Å²) in [5.74, 6) is 1.03. The molecule has 2 aliphatic rings. The Morgan fingerprint density at radius 2 is 2.40 bits per heavy atom. The van der Waals surface area contributed by atoms with Gasteiger partial charge in [0, 0.05) is 6.54 Å². The van der Waals surface area contributed by atoms with Gasteiger partial charge in [0.05, 0.1) is 0 Å². The Balaban J connectivity index is 2.15. The lowest BCUT2D eigenvalue weighted by Gasteiger charge is -2.21. The molecule has 0 radical (unpaired) electrons. The predicted octanol–water partition coefficient (Wildman–Crippen LogP) is 0.524. The molecule has 0 amide bonds. The van der Waals surface area contributed by atoms with E-state index >= 15 is 0 Å². The first-order valence-corrected chi connectivity index (χ1v) is 4.39. The van der Waals surface area contributed by atoms with E-state index in [4.69, 9.17) is 0 Å². The fourth-order valence-corrected chi connectivity index (χ4v) is 2.88. The Labute approximate surface area is 64.2 Å². The van der Waals surface area contributed by atoms with E-state index in [1.54, 1.807) is 0 Å². The minimum absolute atomic E-state index is 0.703. The van der Waals surface area contributed by atoms with E-state index in [2.05, 4.69) is 19.8 Å². The van der Waals surface area contributed by atoms with Crippen LogP contribution in [0.25, 0.3) is 0 Å². The number of hydrogen-bond acceptors (Lipinski definition) is 1. The highest BCUT2D eigenvalue weighted by Crippen LogP contribution is 2.51. The molecular formula is C8H16BN. The SMILES string of the molecule is BC12CCCC1CN(C)C2. The monoisotopic (exact) mass is 137 g/mol. The van der Waals surface area contributed by atoms with Gasteiger partial charge in [-0.05, 0) is 31.2 Å². The summed E-state index contributed by atoms with van der Waals surface area (Å²) in [7, 11) is 4.72. The van der Waals surface area contributed by atoms with Gasteiger partial charge >= 0.3 is 0 Å². The molecule has 1 aliphatic carbocycles. The third-order valence-corrected chi connectivity index (χ3v) is 3.45. The highest BCUT2D eigenvalue weighted by Gasteiger charge is 2.44. The smallest absolute Gasteiger partial charge is 0.111 e. The second-order valence-corrected chi connectivity index (χ2v) is 4.44. The van der Waals surface area contributed by atoms with Crippen LogP contribution in [0.15, 0.2) is 0 Å². The van der Waals surface area contributed by atoms with Crippen LogP contribution >= 0.6 is 0 Å². The quantitative estimate of drug-likeness (QED) is 0.440. The van der Waals surface area contributed by atoms with Gasteiger partial charge in [0.2, 0.25) is 0 Å². The Hall–Kier alpha value is 0.0249. The van der Waals surface area contributed by atoms with Crippen LogP contribution in [0.3, 0.4) is 0 Å². The van der Waals surface area contributed by atoms with Crippen molar-refractivity contribution in [3.63, 3.8) is 0 Å². The van der Waals surface area contributed by atoms with Crippen molar-refractivity contribution in [2.24, 2.45) is 5.92 Å². The van der Waals surface area contributed by atoms with E-state index in [1.165, 1.54) is 32.4 Å². The van der Waals surface area contributed by atoms with E-state index < -0.39 is 0 Å². The maximum atomic E-state index is 2.49. The molecule has 0 aromatic heterocycles. The highest BCUT2D eigenvalue weighted by atomic mass is 15.1. The molecule has 0 aromatic rings. The zero-order chi connectivity index (χ0) is 7.19. The number of rotatable bonds is 0. The van der Waals surface area contributed by atoms with E-state index in [1.807, 2.05) is 0 Å². The largest absolute Gasteiger partial charge is 0.306 e. The maximum Gasteiger partial charge on any atom is 0.111 e. The second kappa shape index (κ2) is 2.01. The Morgan fingerprint density at radius 1 is 1.60 bits per heavy atom. The predicted molar refractivity (Wildman–Crippen MR) is 46.1 cm³/mol. The molecule has 0 bridgehead atoms. The first-order valence-electron chi connectivity index (χ1n) is 4.39. The fraction of sp³-hybridized carbons (Fsp3) is 1.00. The summed E-state index contributed by atoms with van der Waals surface area (Å²) in [6.45, 7) is 2.70. The molecule has 2 fully saturated rings. The van der Waals surface area contributed by atoms with Crippen molar-refractivity contribution >= 4 is 7.85 Å². The second-order valence-electron chi connectivity index (χ2n) is 4.44. The van der Waals surface area contributed by atoms with Gasteiger partial charge < -0.3 is 4.90 Å². The lowest BCUT2D eigenvalue weighted by atomic mass is 9.64. The third kappa shape index (κ3) is 0.816. The van der Waals surface area contributed by atoms with Crippen LogP contribution in [0.2, 0.25) is 5.31 Å². The van der Waals surface area contributed by atoms with Crippen molar-refractivity contribution < 1.29 is 0 Å². The van der Waals surface area contributed by atoms with Crippen molar-refractivity contribution in [3.8, 4) is 0 Å². The molecule has 1 aliphatic heterocycles. The summed E-state index contributed by atoms with van der Waals surface area (Å²) in [6, 6.07) is 0. The highest BCUT2D eigenvalue weighted by molar-refractivity contribution is 6.16. The molecule has 1 saturated carbocycles. The van der Waals surface area contributed by atoms with Crippen LogP contribution in [0.5, 0.6) is 0 Å². The standard InChI is InChI=1S/C8H16BN/c1-10-5-7-3-2-4-8(7,9)6-10/h7H,2-6,9H2,1H3. The van der Waals surface area contributed by atoms with Crippen molar-refractivity contribution in [3.05, 3.63) is 0 Å². The Morgan fingerprint density at radius 3 is 3.10 bits per heavy atom. The van der Waals surface area contributed by atoms with Crippen LogP contribution in [0.1, 0.15) is 19.3 Å². The van der Waals surface area contributed by atoms with E-state index in [0.29, 0.717) is 5.31 Å². The average molecular weight is 137 g/mol. The van der Waals surface area contributed by atoms with Crippen LogP contribution in [0, 0.1) is 5.92 Å². The summed E-state index contributed by atoms with van der Waals surface area (Å²) >= 11 is 0. The minimum atomic E-state index is 0.703. The van der Waals surface area contributed by atoms with Gasteiger partial charge in [-0.3, -0.25) is 0 Å². The van der Waals surface area contributed by atoms with Crippen molar-refractivity contribution in [1.29, 1.82) is 0 Å². The van der Waals surface area contributed by atoms with Gasteiger partial charge in [0.25, 0.3) is 0 Å². The van der Waals surface area contributed by atoms with Crippen LogP contribution < -0.4 is 0 Å². The van der Waals surface area contributed by atoms with Gasteiger partial charge in [0.15, 0.2) is 0 Å². The zero-order valence-corrected chi connectivity index (χ0v) is 7.06. The molecule has 2 atom stereocenters. The lowest BCUT2D eigenvalue weighted by molar-refractivity contribution is 0.380. The number of fused-ring (bicyclic) bond motifs is 1. The molecule has 10 heavy (non-hydrogen) atoms. The Kier molecular flexibility index (Phi) is 1.35. The summed E-state index contributed by atoms with van der Waals surface area (Å²) < 4.78 is 0. The van der Waals surface area contributed by atoms with Gasteiger partial charge in [-0.1, -0.05) is 12.8 Å². The van der Waals surface area contributed by atoms with Crippen LogP contribution in [-0.2, 0) is 0 Å². The summed E-state index contributed by atoms with van der Waals surface area (Å²) in [5.41, 5.74) is 0. The molecule has 56 valence electrons. The molecule has 0 spiro atoms. The van der Waals surface area contributed by atoms with E-state index in [9.17, 15) is 0 Å². The molecule has 2 unspecified atom stereocenters. The molecule has 1 nitrogen and oxygen atoms in total. The average Bonchev–Trinajstić information content (AvgIpc) is 2.20. The maximum absolute atomic E-state index is 2.49. The molecule has 0 N–H and O–H groups in total.